The third-order valence-electron chi connectivity index (χ3n) is 4.04. The lowest BCUT2D eigenvalue weighted by Crippen LogP contribution is -2.80. The molecule has 1 aliphatic heterocycles. The van der Waals surface area contributed by atoms with Gasteiger partial charge < -0.3 is 15.6 Å². The molecule has 2 fully saturated rings. The third kappa shape index (κ3) is 0.880. The van der Waals surface area contributed by atoms with Crippen LogP contribution in [0.2, 0.25) is 0 Å². The van der Waals surface area contributed by atoms with E-state index in [-0.39, 0.29) is 12.0 Å². The molecule has 0 spiro atoms. The molecule has 2 aliphatic rings. The number of rotatable bonds is 1. The summed E-state index contributed by atoms with van der Waals surface area (Å²) >= 11 is 0. The van der Waals surface area contributed by atoms with E-state index in [1.54, 1.807) is 0 Å². The Morgan fingerprint density at radius 1 is 1.57 bits per heavy atom. The molecule has 3 atom stereocenters. The zero-order valence-electron chi connectivity index (χ0n) is 8.62. The number of carboxylic acids is 1. The van der Waals surface area contributed by atoms with Crippen molar-refractivity contribution >= 4 is 5.97 Å². The second-order valence-corrected chi connectivity index (χ2v) is 4.94. The Morgan fingerprint density at radius 2 is 2.21 bits per heavy atom. The number of ether oxygens (including phenoxy) is 1. The van der Waals surface area contributed by atoms with E-state index >= 15 is 0 Å². The molecule has 1 saturated carbocycles. The van der Waals surface area contributed by atoms with Gasteiger partial charge in [0.2, 0.25) is 0 Å². The molecular weight excluding hydrogens is 182 g/mol. The zero-order chi connectivity index (χ0) is 10.6. The standard InChI is InChI=1S/C10H17NO3/c1-9(2)7-6(4-3-5-14-7)10(9,11)8(12)13/h6-7H,3-5,11H2,1-2H3,(H,12,13)/t6-,7+,10+/m0/s1. The van der Waals surface area contributed by atoms with Crippen LogP contribution in [-0.2, 0) is 9.53 Å². The highest BCUT2D eigenvalue weighted by Gasteiger charge is 2.70. The molecule has 0 radical (unpaired) electrons. The third-order valence-corrected chi connectivity index (χ3v) is 4.04. The molecule has 0 aromatic heterocycles. The van der Waals surface area contributed by atoms with Crippen molar-refractivity contribution in [1.82, 2.24) is 0 Å². The van der Waals surface area contributed by atoms with Crippen LogP contribution in [0.15, 0.2) is 0 Å². The lowest BCUT2D eigenvalue weighted by Gasteiger charge is -2.63. The Bertz CT molecular complexity index is 277. The quantitative estimate of drug-likeness (QED) is 0.648. The number of hydrogen-bond acceptors (Lipinski definition) is 3. The van der Waals surface area contributed by atoms with Crippen LogP contribution >= 0.6 is 0 Å². The van der Waals surface area contributed by atoms with Gasteiger partial charge in [0.05, 0.1) is 6.10 Å². The minimum atomic E-state index is -1.10. The first-order valence-corrected chi connectivity index (χ1v) is 5.06. The van der Waals surface area contributed by atoms with E-state index in [4.69, 9.17) is 10.5 Å². The van der Waals surface area contributed by atoms with Crippen LogP contribution in [-0.4, -0.2) is 29.3 Å². The average Bonchev–Trinajstić information content (AvgIpc) is 2.16. The van der Waals surface area contributed by atoms with Gasteiger partial charge in [-0.3, -0.25) is 4.79 Å². The summed E-state index contributed by atoms with van der Waals surface area (Å²) in [5.41, 5.74) is 4.44. The fraction of sp³-hybridized carbons (Fsp3) is 0.900. The highest BCUT2D eigenvalue weighted by Crippen LogP contribution is 2.57. The Labute approximate surface area is 83.4 Å². The van der Waals surface area contributed by atoms with Gasteiger partial charge in [-0.25, -0.2) is 0 Å². The van der Waals surface area contributed by atoms with Crippen LogP contribution in [0.5, 0.6) is 0 Å². The first-order valence-electron chi connectivity index (χ1n) is 5.06. The van der Waals surface area contributed by atoms with E-state index in [2.05, 4.69) is 0 Å². The molecule has 0 bridgehead atoms. The van der Waals surface area contributed by atoms with Gasteiger partial charge in [-0.2, -0.15) is 0 Å². The van der Waals surface area contributed by atoms with Crippen molar-refractivity contribution in [2.24, 2.45) is 17.1 Å². The van der Waals surface area contributed by atoms with Crippen molar-refractivity contribution in [1.29, 1.82) is 0 Å². The number of hydrogen-bond donors (Lipinski definition) is 2. The zero-order valence-corrected chi connectivity index (χ0v) is 8.62. The minimum absolute atomic E-state index is 0.0104. The largest absolute Gasteiger partial charge is 0.480 e. The molecule has 1 heterocycles. The van der Waals surface area contributed by atoms with Gasteiger partial charge in [0.25, 0.3) is 0 Å². The summed E-state index contributed by atoms with van der Waals surface area (Å²) in [6, 6.07) is 0. The molecule has 1 saturated heterocycles. The van der Waals surface area contributed by atoms with E-state index < -0.39 is 16.9 Å². The maximum Gasteiger partial charge on any atom is 0.324 e. The molecule has 0 unspecified atom stereocenters. The number of fused-ring (bicyclic) bond motifs is 1. The number of carboxylic acid groups (broad SMARTS) is 1. The number of aliphatic carboxylic acids is 1. The predicted molar refractivity (Wildman–Crippen MR) is 50.8 cm³/mol. The number of nitrogens with two attached hydrogens (primary N) is 1. The Kier molecular flexibility index (Phi) is 1.92. The monoisotopic (exact) mass is 199 g/mol. The van der Waals surface area contributed by atoms with Gasteiger partial charge in [-0.15, -0.1) is 0 Å². The summed E-state index contributed by atoms with van der Waals surface area (Å²) < 4.78 is 5.59. The smallest absolute Gasteiger partial charge is 0.324 e. The van der Waals surface area contributed by atoms with Gasteiger partial charge in [0.15, 0.2) is 0 Å². The van der Waals surface area contributed by atoms with E-state index in [1.165, 1.54) is 0 Å². The SMILES string of the molecule is CC1(C)[C@@H]2OCCC[C@@H]2[C@@]1(N)C(=O)O. The van der Waals surface area contributed by atoms with Crippen molar-refractivity contribution in [2.45, 2.75) is 38.3 Å². The molecular formula is C10H17NO3. The molecule has 4 heteroatoms. The lowest BCUT2D eigenvalue weighted by atomic mass is 9.46. The van der Waals surface area contributed by atoms with Crippen LogP contribution in [0.3, 0.4) is 0 Å². The highest BCUT2D eigenvalue weighted by atomic mass is 16.5. The van der Waals surface area contributed by atoms with Gasteiger partial charge in [-0.05, 0) is 12.8 Å². The Morgan fingerprint density at radius 3 is 2.79 bits per heavy atom. The van der Waals surface area contributed by atoms with E-state index in [0.29, 0.717) is 0 Å². The maximum absolute atomic E-state index is 11.2. The first-order chi connectivity index (χ1) is 6.42. The van der Waals surface area contributed by atoms with Crippen molar-refractivity contribution < 1.29 is 14.6 Å². The first kappa shape index (κ1) is 9.93. The van der Waals surface area contributed by atoms with Crippen LogP contribution in [0.25, 0.3) is 0 Å². The Balaban J connectivity index is 2.30. The number of carbonyl (C=O) groups is 1. The fourth-order valence-electron chi connectivity index (χ4n) is 3.01. The lowest BCUT2D eigenvalue weighted by molar-refractivity contribution is -0.233. The van der Waals surface area contributed by atoms with Gasteiger partial charge in [0.1, 0.15) is 5.54 Å². The molecule has 0 aromatic rings. The summed E-state index contributed by atoms with van der Waals surface area (Å²) in [5, 5.41) is 9.19. The van der Waals surface area contributed by atoms with E-state index in [1.807, 2.05) is 13.8 Å². The van der Waals surface area contributed by atoms with E-state index in [9.17, 15) is 9.90 Å². The molecule has 0 aromatic carbocycles. The predicted octanol–water partition coefficient (Wildman–Crippen LogP) is 0.603. The molecule has 0 amide bonds. The van der Waals surface area contributed by atoms with Crippen LogP contribution in [0, 0.1) is 11.3 Å². The molecule has 2 rings (SSSR count). The van der Waals surface area contributed by atoms with E-state index in [0.717, 1.165) is 19.4 Å². The molecule has 80 valence electrons. The molecule has 14 heavy (non-hydrogen) atoms. The summed E-state index contributed by atoms with van der Waals surface area (Å²) in [6.45, 7) is 4.50. The maximum atomic E-state index is 11.2. The second kappa shape index (κ2) is 2.70. The van der Waals surface area contributed by atoms with Crippen LogP contribution in [0.1, 0.15) is 26.7 Å². The summed E-state index contributed by atoms with van der Waals surface area (Å²) in [6.07, 6.45) is 1.82. The van der Waals surface area contributed by atoms with Gasteiger partial charge in [-0.1, -0.05) is 13.8 Å². The molecule has 4 nitrogen and oxygen atoms in total. The highest BCUT2D eigenvalue weighted by molar-refractivity contribution is 5.82. The topological polar surface area (TPSA) is 72.5 Å². The minimum Gasteiger partial charge on any atom is -0.480 e. The van der Waals surface area contributed by atoms with Gasteiger partial charge >= 0.3 is 5.97 Å². The molecule has 3 N–H and O–H groups in total. The average molecular weight is 199 g/mol. The normalized spacial score (nSPS) is 45.1. The van der Waals surface area contributed by atoms with Crippen molar-refractivity contribution in [3.8, 4) is 0 Å². The summed E-state index contributed by atoms with van der Waals surface area (Å²) in [4.78, 5) is 11.2. The second-order valence-electron chi connectivity index (χ2n) is 4.94. The van der Waals surface area contributed by atoms with Crippen molar-refractivity contribution in [2.75, 3.05) is 6.61 Å². The Hall–Kier alpha value is -0.610. The van der Waals surface area contributed by atoms with Crippen LogP contribution in [0.4, 0.5) is 0 Å². The van der Waals surface area contributed by atoms with Crippen molar-refractivity contribution in [3.05, 3.63) is 0 Å². The molecule has 1 aliphatic carbocycles. The van der Waals surface area contributed by atoms with Gasteiger partial charge in [0, 0.05) is 17.9 Å². The van der Waals surface area contributed by atoms with Crippen LogP contribution < -0.4 is 5.73 Å². The van der Waals surface area contributed by atoms with Crippen molar-refractivity contribution in [3.63, 3.8) is 0 Å². The summed E-state index contributed by atoms with van der Waals surface area (Å²) in [5.74, 6) is -0.905. The fourth-order valence-corrected chi connectivity index (χ4v) is 3.01. The summed E-state index contributed by atoms with van der Waals surface area (Å²) in [7, 11) is 0.